The van der Waals surface area contributed by atoms with Crippen LogP contribution >= 0.6 is 0 Å². The number of aliphatic hydroxyl groups excluding tert-OH is 1. The number of alkyl halides is 1. The Bertz CT molecular complexity index is 76.8. The molecular formula is C5H9FO2. The van der Waals surface area contributed by atoms with Crippen LogP contribution in [0.4, 0.5) is 4.39 Å². The third-order valence-electron chi connectivity index (χ3n) is 1.26. The summed E-state index contributed by atoms with van der Waals surface area (Å²) in [5, 5.41) is 8.64. The van der Waals surface area contributed by atoms with E-state index in [2.05, 4.69) is 0 Å². The van der Waals surface area contributed by atoms with Gasteiger partial charge in [0.2, 0.25) is 0 Å². The van der Waals surface area contributed by atoms with Gasteiger partial charge in [0.25, 0.3) is 0 Å². The van der Waals surface area contributed by atoms with Crippen molar-refractivity contribution >= 4 is 0 Å². The van der Waals surface area contributed by atoms with Gasteiger partial charge in [0.05, 0.1) is 6.10 Å². The van der Waals surface area contributed by atoms with Crippen molar-refractivity contribution in [2.75, 3.05) is 6.67 Å². The fourth-order valence-corrected chi connectivity index (χ4v) is 0.800. The zero-order valence-corrected chi connectivity index (χ0v) is 4.51. The standard InChI is InChI=1S/C5H9FO2/c6-3-4-1-2-5(7)8-4/h4-5,7H,1-3H2. The summed E-state index contributed by atoms with van der Waals surface area (Å²) in [6, 6.07) is 0. The van der Waals surface area contributed by atoms with Gasteiger partial charge in [-0.2, -0.15) is 0 Å². The maximum absolute atomic E-state index is 11.6. The molecule has 1 aliphatic heterocycles. The highest BCUT2D eigenvalue weighted by molar-refractivity contribution is 4.65. The van der Waals surface area contributed by atoms with E-state index in [0.717, 1.165) is 0 Å². The maximum atomic E-state index is 11.6. The van der Waals surface area contributed by atoms with Crippen LogP contribution in [0.15, 0.2) is 0 Å². The molecule has 1 aliphatic rings. The third-order valence-corrected chi connectivity index (χ3v) is 1.26. The molecule has 2 nitrogen and oxygen atoms in total. The highest BCUT2D eigenvalue weighted by Crippen LogP contribution is 2.17. The molecule has 0 aromatic heterocycles. The average molecular weight is 120 g/mol. The van der Waals surface area contributed by atoms with Crippen molar-refractivity contribution in [2.45, 2.75) is 25.2 Å². The summed E-state index contributed by atoms with van der Waals surface area (Å²) in [4.78, 5) is 0. The lowest BCUT2D eigenvalue weighted by Gasteiger charge is -2.02. The quantitative estimate of drug-likeness (QED) is 0.544. The van der Waals surface area contributed by atoms with Gasteiger partial charge in [0.1, 0.15) is 6.67 Å². The average Bonchev–Trinajstić information content (AvgIpc) is 2.14. The summed E-state index contributed by atoms with van der Waals surface area (Å²) < 4.78 is 16.3. The summed E-state index contributed by atoms with van der Waals surface area (Å²) in [5.74, 6) is 0. The Morgan fingerprint density at radius 1 is 1.62 bits per heavy atom. The molecule has 1 rings (SSSR count). The Morgan fingerprint density at radius 2 is 2.38 bits per heavy atom. The van der Waals surface area contributed by atoms with Crippen LogP contribution in [0.2, 0.25) is 0 Å². The van der Waals surface area contributed by atoms with E-state index in [4.69, 9.17) is 9.84 Å². The van der Waals surface area contributed by atoms with Crippen LogP contribution in [0, 0.1) is 0 Å². The fourth-order valence-electron chi connectivity index (χ4n) is 0.800. The summed E-state index contributed by atoms with van der Waals surface area (Å²) in [6.45, 7) is -0.475. The molecule has 2 atom stereocenters. The minimum atomic E-state index is -0.712. The Hall–Kier alpha value is -0.150. The van der Waals surface area contributed by atoms with Crippen LogP contribution in [0.1, 0.15) is 12.8 Å². The van der Waals surface area contributed by atoms with E-state index >= 15 is 0 Å². The predicted octanol–water partition coefficient (Wildman–Crippen LogP) is 0.453. The highest BCUT2D eigenvalue weighted by Gasteiger charge is 2.22. The fraction of sp³-hybridized carbons (Fsp3) is 1.00. The first-order chi connectivity index (χ1) is 3.83. The van der Waals surface area contributed by atoms with Crippen molar-refractivity contribution in [1.29, 1.82) is 0 Å². The van der Waals surface area contributed by atoms with E-state index < -0.39 is 13.0 Å². The van der Waals surface area contributed by atoms with Gasteiger partial charge in [-0.05, 0) is 6.42 Å². The van der Waals surface area contributed by atoms with Gasteiger partial charge >= 0.3 is 0 Å². The van der Waals surface area contributed by atoms with E-state index in [9.17, 15) is 4.39 Å². The van der Waals surface area contributed by atoms with Crippen LogP contribution in [-0.4, -0.2) is 24.2 Å². The van der Waals surface area contributed by atoms with E-state index in [1.807, 2.05) is 0 Å². The minimum absolute atomic E-state index is 0.343. The van der Waals surface area contributed by atoms with Gasteiger partial charge < -0.3 is 9.84 Å². The summed E-state index contributed by atoms with van der Waals surface area (Å²) >= 11 is 0. The zero-order valence-electron chi connectivity index (χ0n) is 4.51. The number of rotatable bonds is 1. The number of hydrogen-bond acceptors (Lipinski definition) is 2. The predicted molar refractivity (Wildman–Crippen MR) is 26.1 cm³/mol. The number of aliphatic hydroxyl groups is 1. The normalized spacial score (nSPS) is 38.2. The molecule has 1 N–H and O–H groups in total. The Balaban J connectivity index is 2.22. The van der Waals surface area contributed by atoms with Gasteiger partial charge in [0.15, 0.2) is 6.29 Å². The molecular weight excluding hydrogens is 111 g/mol. The molecule has 1 saturated heterocycles. The molecule has 0 amide bonds. The second-order valence-electron chi connectivity index (χ2n) is 1.94. The topological polar surface area (TPSA) is 29.5 Å². The van der Waals surface area contributed by atoms with Crippen molar-refractivity contribution in [3.63, 3.8) is 0 Å². The summed E-state index contributed by atoms with van der Waals surface area (Å²) in [6.07, 6.45) is 0.174. The molecule has 48 valence electrons. The molecule has 0 saturated carbocycles. The Morgan fingerprint density at radius 3 is 2.62 bits per heavy atom. The second-order valence-corrected chi connectivity index (χ2v) is 1.94. The van der Waals surface area contributed by atoms with Crippen molar-refractivity contribution in [3.8, 4) is 0 Å². The molecule has 1 heterocycles. The Kier molecular flexibility index (Phi) is 1.81. The van der Waals surface area contributed by atoms with Crippen molar-refractivity contribution in [3.05, 3.63) is 0 Å². The minimum Gasteiger partial charge on any atom is -0.368 e. The second kappa shape index (κ2) is 2.42. The molecule has 8 heavy (non-hydrogen) atoms. The number of hydrogen-bond donors (Lipinski definition) is 1. The molecule has 0 aliphatic carbocycles. The molecule has 0 aromatic rings. The first kappa shape index (κ1) is 5.98. The lowest BCUT2D eigenvalue weighted by atomic mass is 10.2. The SMILES string of the molecule is OC1CCC(CF)O1. The van der Waals surface area contributed by atoms with Gasteiger partial charge in [-0.15, -0.1) is 0 Å². The molecule has 0 aromatic carbocycles. The first-order valence-electron chi connectivity index (χ1n) is 2.72. The summed E-state index contributed by atoms with van der Waals surface area (Å²) in [7, 11) is 0. The Labute approximate surface area is 47.3 Å². The van der Waals surface area contributed by atoms with Crippen LogP contribution in [0.25, 0.3) is 0 Å². The smallest absolute Gasteiger partial charge is 0.155 e. The van der Waals surface area contributed by atoms with E-state index in [0.29, 0.717) is 12.8 Å². The third kappa shape index (κ3) is 1.17. The van der Waals surface area contributed by atoms with Gasteiger partial charge in [-0.3, -0.25) is 0 Å². The summed E-state index contributed by atoms with van der Waals surface area (Å²) in [5.41, 5.74) is 0. The first-order valence-corrected chi connectivity index (χ1v) is 2.72. The van der Waals surface area contributed by atoms with E-state index in [1.54, 1.807) is 0 Å². The van der Waals surface area contributed by atoms with Crippen molar-refractivity contribution in [1.82, 2.24) is 0 Å². The van der Waals surface area contributed by atoms with Crippen molar-refractivity contribution in [2.24, 2.45) is 0 Å². The molecule has 0 radical (unpaired) electrons. The van der Waals surface area contributed by atoms with Gasteiger partial charge in [-0.25, -0.2) is 4.39 Å². The largest absolute Gasteiger partial charge is 0.368 e. The van der Waals surface area contributed by atoms with Gasteiger partial charge in [-0.1, -0.05) is 0 Å². The molecule has 2 unspecified atom stereocenters. The zero-order chi connectivity index (χ0) is 5.98. The van der Waals surface area contributed by atoms with Crippen molar-refractivity contribution < 1.29 is 14.2 Å². The van der Waals surface area contributed by atoms with Crippen LogP contribution in [0.5, 0.6) is 0 Å². The van der Waals surface area contributed by atoms with Gasteiger partial charge in [0, 0.05) is 6.42 Å². The lowest BCUT2D eigenvalue weighted by molar-refractivity contribution is -0.0943. The molecule has 0 bridgehead atoms. The van der Waals surface area contributed by atoms with E-state index in [1.165, 1.54) is 0 Å². The van der Waals surface area contributed by atoms with Crippen LogP contribution in [0.3, 0.4) is 0 Å². The molecule has 3 heteroatoms. The monoisotopic (exact) mass is 120 g/mol. The number of halogens is 1. The van der Waals surface area contributed by atoms with Crippen LogP contribution in [-0.2, 0) is 4.74 Å². The maximum Gasteiger partial charge on any atom is 0.155 e. The number of ether oxygens (including phenoxy) is 1. The highest BCUT2D eigenvalue weighted by atomic mass is 19.1. The van der Waals surface area contributed by atoms with E-state index in [-0.39, 0.29) is 6.10 Å². The molecule has 1 fully saturated rings. The molecule has 0 spiro atoms. The van der Waals surface area contributed by atoms with Crippen LogP contribution < -0.4 is 0 Å². The lowest BCUT2D eigenvalue weighted by Crippen LogP contribution is -2.11.